The molecule has 20 heavy (non-hydrogen) atoms. The first-order valence-corrected chi connectivity index (χ1v) is 7.66. The minimum Gasteiger partial charge on any atom is -0.481 e. The fourth-order valence-electron chi connectivity index (χ4n) is 2.23. The van der Waals surface area contributed by atoms with Crippen molar-refractivity contribution in [3.63, 3.8) is 0 Å². The highest BCUT2D eigenvalue weighted by Crippen LogP contribution is 2.14. The van der Waals surface area contributed by atoms with Crippen LogP contribution in [0.2, 0.25) is 0 Å². The minimum atomic E-state index is -0.753. The Hall–Kier alpha value is -1.26. The van der Waals surface area contributed by atoms with Crippen LogP contribution < -0.4 is 10.6 Å². The molecular weight excluding hydrogens is 256 g/mol. The van der Waals surface area contributed by atoms with Crippen molar-refractivity contribution in [1.82, 2.24) is 10.6 Å². The summed E-state index contributed by atoms with van der Waals surface area (Å²) in [5.41, 5.74) is 0. The first-order valence-electron chi connectivity index (χ1n) is 7.66. The van der Waals surface area contributed by atoms with Gasteiger partial charge in [0.25, 0.3) is 0 Å². The Bertz CT molecular complexity index is 293. The maximum absolute atomic E-state index is 11.7. The predicted octanol–water partition coefficient (Wildman–Crippen LogP) is 3.00. The number of carboxylic acids is 1. The Morgan fingerprint density at radius 3 is 2.20 bits per heavy atom. The van der Waals surface area contributed by atoms with Crippen LogP contribution in [0.5, 0.6) is 0 Å². The van der Waals surface area contributed by atoms with Gasteiger partial charge in [-0.25, -0.2) is 4.79 Å². The van der Waals surface area contributed by atoms with Crippen LogP contribution in [-0.4, -0.2) is 29.7 Å². The average Bonchev–Trinajstić information content (AvgIpc) is 2.39. The second-order valence-electron chi connectivity index (χ2n) is 5.65. The smallest absolute Gasteiger partial charge is 0.315 e. The maximum Gasteiger partial charge on any atom is 0.315 e. The molecule has 2 unspecified atom stereocenters. The maximum atomic E-state index is 11.7. The fourth-order valence-corrected chi connectivity index (χ4v) is 2.23. The van der Waals surface area contributed by atoms with Crippen molar-refractivity contribution in [2.75, 3.05) is 6.54 Å². The van der Waals surface area contributed by atoms with Gasteiger partial charge >= 0.3 is 12.0 Å². The average molecular weight is 286 g/mol. The molecule has 0 aliphatic heterocycles. The summed E-state index contributed by atoms with van der Waals surface area (Å²) in [6, 6.07) is 0.0719. The van der Waals surface area contributed by atoms with Crippen LogP contribution in [0.25, 0.3) is 0 Å². The second kappa shape index (κ2) is 10.5. The number of carboxylic acid groups (broad SMARTS) is 1. The van der Waals surface area contributed by atoms with Crippen LogP contribution in [0.15, 0.2) is 0 Å². The van der Waals surface area contributed by atoms with Gasteiger partial charge in [-0.1, -0.05) is 34.1 Å². The molecule has 0 rings (SSSR count). The summed E-state index contributed by atoms with van der Waals surface area (Å²) >= 11 is 0. The van der Waals surface area contributed by atoms with Crippen molar-refractivity contribution >= 4 is 12.0 Å². The Morgan fingerprint density at radius 2 is 1.75 bits per heavy atom. The lowest BCUT2D eigenvalue weighted by Gasteiger charge is -2.21. The highest BCUT2D eigenvalue weighted by molar-refractivity contribution is 5.74. The number of aliphatic carboxylic acids is 1. The van der Waals surface area contributed by atoms with Crippen molar-refractivity contribution < 1.29 is 14.7 Å². The molecule has 0 aliphatic carbocycles. The van der Waals surface area contributed by atoms with E-state index in [4.69, 9.17) is 5.11 Å². The number of carbonyl (C=O) groups excluding carboxylic acids is 1. The molecule has 2 amide bonds. The molecule has 2 atom stereocenters. The van der Waals surface area contributed by atoms with Crippen molar-refractivity contribution in [2.45, 2.75) is 65.8 Å². The van der Waals surface area contributed by atoms with E-state index in [0.29, 0.717) is 24.8 Å². The minimum absolute atomic E-state index is 0.126. The van der Waals surface area contributed by atoms with Gasteiger partial charge in [-0.2, -0.15) is 0 Å². The summed E-state index contributed by atoms with van der Waals surface area (Å²) in [5, 5.41) is 14.5. The molecule has 0 heterocycles. The number of hydrogen-bond acceptors (Lipinski definition) is 2. The van der Waals surface area contributed by atoms with Crippen LogP contribution in [0.4, 0.5) is 4.79 Å². The summed E-state index contributed by atoms with van der Waals surface area (Å²) in [4.78, 5) is 22.3. The molecule has 0 aromatic rings. The molecular formula is C15H30N2O3. The quantitative estimate of drug-likeness (QED) is 0.577. The van der Waals surface area contributed by atoms with Crippen molar-refractivity contribution in [1.29, 1.82) is 0 Å². The van der Waals surface area contributed by atoms with Gasteiger partial charge in [0.1, 0.15) is 0 Å². The van der Waals surface area contributed by atoms with E-state index in [2.05, 4.69) is 38.3 Å². The molecule has 0 spiro atoms. The SMILES string of the molecule is CCC(CCNC(=O)NC(CC)C(C)C)CCC(=O)O. The Kier molecular flexibility index (Phi) is 9.86. The lowest BCUT2D eigenvalue weighted by Crippen LogP contribution is -2.44. The van der Waals surface area contributed by atoms with Gasteiger partial charge in [0.05, 0.1) is 0 Å². The number of rotatable bonds is 10. The third-order valence-corrected chi connectivity index (χ3v) is 3.74. The molecule has 0 saturated carbocycles. The van der Waals surface area contributed by atoms with Gasteiger partial charge in [0, 0.05) is 19.0 Å². The van der Waals surface area contributed by atoms with E-state index in [1.54, 1.807) is 0 Å². The van der Waals surface area contributed by atoms with Crippen LogP contribution >= 0.6 is 0 Å². The number of nitrogens with one attached hydrogen (secondary N) is 2. The van der Waals surface area contributed by atoms with E-state index < -0.39 is 5.97 Å². The molecule has 0 radical (unpaired) electrons. The standard InChI is InChI=1S/C15H30N2O3/c1-5-12(7-8-14(18)19)9-10-16-15(20)17-13(6-2)11(3)4/h11-13H,5-10H2,1-4H3,(H,18,19)(H2,16,17,20). The predicted molar refractivity (Wildman–Crippen MR) is 80.7 cm³/mol. The molecule has 0 aromatic carbocycles. The molecule has 0 aromatic heterocycles. The van der Waals surface area contributed by atoms with E-state index >= 15 is 0 Å². The third-order valence-electron chi connectivity index (χ3n) is 3.74. The topological polar surface area (TPSA) is 78.4 Å². The largest absolute Gasteiger partial charge is 0.481 e. The number of hydrogen-bond donors (Lipinski definition) is 3. The molecule has 118 valence electrons. The highest BCUT2D eigenvalue weighted by atomic mass is 16.4. The zero-order valence-corrected chi connectivity index (χ0v) is 13.2. The summed E-state index contributed by atoms with van der Waals surface area (Å²) < 4.78 is 0. The molecule has 0 bridgehead atoms. The summed E-state index contributed by atoms with van der Waals surface area (Å²) in [7, 11) is 0. The van der Waals surface area contributed by atoms with Crippen LogP contribution in [0, 0.1) is 11.8 Å². The van der Waals surface area contributed by atoms with Gasteiger partial charge in [0.15, 0.2) is 0 Å². The second-order valence-corrected chi connectivity index (χ2v) is 5.65. The highest BCUT2D eigenvalue weighted by Gasteiger charge is 2.14. The zero-order chi connectivity index (χ0) is 15.5. The van der Waals surface area contributed by atoms with E-state index in [0.717, 1.165) is 19.3 Å². The lowest BCUT2D eigenvalue weighted by molar-refractivity contribution is -0.137. The molecule has 0 fully saturated rings. The Labute approximate surface area is 122 Å². The summed E-state index contributed by atoms with van der Waals surface area (Å²) in [5.74, 6) is 0.0278. The molecule has 5 nitrogen and oxygen atoms in total. The van der Waals surface area contributed by atoms with Gasteiger partial charge in [-0.15, -0.1) is 0 Å². The van der Waals surface area contributed by atoms with Crippen molar-refractivity contribution in [3.8, 4) is 0 Å². The first-order chi connectivity index (χ1) is 9.40. The number of urea groups is 1. The van der Waals surface area contributed by atoms with E-state index in [1.165, 1.54) is 0 Å². The van der Waals surface area contributed by atoms with E-state index in [-0.39, 0.29) is 18.5 Å². The molecule has 0 aliphatic rings. The fraction of sp³-hybridized carbons (Fsp3) is 0.867. The van der Waals surface area contributed by atoms with Crippen LogP contribution in [0.3, 0.4) is 0 Å². The Balaban J connectivity index is 3.90. The third kappa shape index (κ3) is 8.77. The van der Waals surface area contributed by atoms with E-state index in [1.807, 2.05) is 0 Å². The van der Waals surface area contributed by atoms with Gasteiger partial charge in [-0.3, -0.25) is 4.79 Å². The van der Waals surface area contributed by atoms with E-state index in [9.17, 15) is 9.59 Å². The first kappa shape index (κ1) is 18.7. The van der Waals surface area contributed by atoms with Crippen molar-refractivity contribution in [2.24, 2.45) is 11.8 Å². The summed E-state index contributed by atoms with van der Waals surface area (Å²) in [6.07, 6.45) is 3.58. The van der Waals surface area contributed by atoms with Gasteiger partial charge in [0.2, 0.25) is 0 Å². The lowest BCUT2D eigenvalue weighted by atomic mass is 9.97. The van der Waals surface area contributed by atoms with Crippen molar-refractivity contribution in [3.05, 3.63) is 0 Å². The van der Waals surface area contributed by atoms with Gasteiger partial charge in [-0.05, 0) is 31.1 Å². The molecule has 0 saturated heterocycles. The number of carbonyl (C=O) groups is 2. The monoisotopic (exact) mass is 286 g/mol. The molecule has 3 N–H and O–H groups in total. The van der Waals surface area contributed by atoms with Gasteiger partial charge < -0.3 is 15.7 Å². The molecule has 5 heteroatoms. The normalized spacial score (nSPS) is 13.8. The van der Waals surface area contributed by atoms with Crippen LogP contribution in [-0.2, 0) is 4.79 Å². The number of amides is 2. The summed E-state index contributed by atoms with van der Waals surface area (Å²) in [6.45, 7) is 8.89. The zero-order valence-electron chi connectivity index (χ0n) is 13.2. The van der Waals surface area contributed by atoms with Crippen LogP contribution in [0.1, 0.15) is 59.8 Å². The Morgan fingerprint density at radius 1 is 1.10 bits per heavy atom.